The van der Waals surface area contributed by atoms with Crippen molar-refractivity contribution in [2.24, 2.45) is 23.7 Å². The Bertz CT molecular complexity index is 358. The number of nitrogens with zero attached hydrogens (tertiary/aromatic N) is 1. The van der Waals surface area contributed by atoms with Crippen LogP contribution in [0.1, 0.15) is 64.7 Å². The van der Waals surface area contributed by atoms with Crippen LogP contribution in [0, 0.1) is 35.0 Å². The summed E-state index contributed by atoms with van der Waals surface area (Å²) in [5.74, 6) is 3.31. The third kappa shape index (κ3) is 4.82. The summed E-state index contributed by atoms with van der Waals surface area (Å²) in [5, 5.41) is 8.57. The van der Waals surface area contributed by atoms with Gasteiger partial charge in [0.05, 0.1) is 6.07 Å². The molecule has 0 radical (unpaired) electrons. The monoisotopic (exact) mass is 271 g/mol. The van der Waals surface area contributed by atoms with E-state index >= 15 is 0 Å². The normalized spacial score (nSPS) is 35.4. The van der Waals surface area contributed by atoms with E-state index in [9.17, 15) is 0 Å². The van der Waals surface area contributed by atoms with Crippen molar-refractivity contribution in [2.45, 2.75) is 64.7 Å². The van der Waals surface area contributed by atoms with Crippen LogP contribution in [0.2, 0.25) is 0 Å². The van der Waals surface area contributed by atoms with Crippen molar-refractivity contribution >= 4 is 0 Å². The Balaban J connectivity index is 1.69. The maximum atomic E-state index is 8.57. The molecule has 0 unspecified atom stereocenters. The zero-order valence-corrected chi connectivity index (χ0v) is 12.9. The predicted molar refractivity (Wildman–Crippen MR) is 85.1 cm³/mol. The molecule has 0 aliphatic heterocycles. The first-order chi connectivity index (χ1) is 9.81. The molecule has 2 fully saturated rings. The zero-order valence-electron chi connectivity index (χ0n) is 12.9. The first-order valence-corrected chi connectivity index (χ1v) is 8.56. The second kappa shape index (κ2) is 8.30. The predicted octanol–water partition coefficient (Wildman–Crippen LogP) is 5.65. The van der Waals surface area contributed by atoms with Crippen LogP contribution >= 0.6 is 0 Å². The van der Waals surface area contributed by atoms with E-state index in [-0.39, 0.29) is 0 Å². The molecule has 2 rings (SSSR count). The number of allylic oxidation sites excluding steroid dienone is 4. The van der Waals surface area contributed by atoms with E-state index < -0.39 is 0 Å². The van der Waals surface area contributed by atoms with Crippen LogP contribution in [0.15, 0.2) is 24.3 Å². The molecule has 2 aliphatic rings. The molecule has 0 atom stereocenters. The van der Waals surface area contributed by atoms with E-state index in [0.717, 1.165) is 17.8 Å². The Morgan fingerprint density at radius 2 is 1.25 bits per heavy atom. The van der Waals surface area contributed by atoms with Gasteiger partial charge >= 0.3 is 0 Å². The number of nitriles is 1. The molecule has 0 saturated heterocycles. The summed E-state index contributed by atoms with van der Waals surface area (Å²) in [6.45, 7) is 2.33. The molecule has 1 nitrogen and oxygen atoms in total. The van der Waals surface area contributed by atoms with Crippen LogP contribution in [-0.4, -0.2) is 0 Å². The molecule has 110 valence electrons. The Morgan fingerprint density at radius 1 is 0.800 bits per heavy atom. The smallest absolute Gasteiger partial charge is 0.0908 e. The molecule has 0 aromatic carbocycles. The molecular weight excluding hydrogens is 242 g/mol. The minimum atomic E-state index is 0.652. The Kier molecular flexibility index (Phi) is 6.37. The molecule has 0 bridgehead atoms. The van der Waals surface area contributed by atoms with Crippen LogP contribution in [-0.2, 0) is 0 Å². The Morgan fingerprint density at radius 3 is 1.70 bits per heavy atom. The van der Waals surface area contributed by atoms with Gasteiger partial charge in [-0.3, -0.25) is 0 Å². The number of hydrogen-bond donors (Lipinski definition) is 0. The van der Waals surface area contributed by atoms with Gasteiger partial charge in [0, 0.05) is 6.08 Å². The summed E-state index contributed by atoms with van der Waals surface area (Å²) in [6.07, 6.45) is 21.0. The summed E-state index contributed by atoms with van der Waals surface area (Å²) in [5.41, 5.74) is 0. The van der Waals surface area contributed by atoms with Crippen LogP contribution in [0.4, 0.5) is 0 Å². The highest BCUT2D eigenvalue weighted by Gasteiger charge is 2.20. The minimum Gasteiger partial charge on any atom is -0.193 e. The molecule has 0 N–H and O–H groups in total. The summed E-state index contributed by atoms with van der Waals surface area (Å²) in [6, 6.07) is 2.11. The zero-order chi connectivity index (χ0) is 14.2. The maximum absolute atomic E-state index is 8.57. The highest BCUT2D eigenvalue weighted by Crippen LogP contribution is 2.34. The molecule has 0 spiro atoms. The lowest BCUT2D eigenvalue weighted by Gasteiger charge is -2.27. The van der Waals surface area contributed by atoms with Crippen LogP contribution in [0.25, 0.3) is 0 Å². The maximum Gasteiger partial charge on any atom is 0.0908 e. The molecule has 2 saturated carbocycles. The number of rotatable bonds is 4. The van der Waals surface area contributed by atoms with Gasteiger partial charge in [-0.25, -0.2) is 0 Å². The van der Waals surface area contributed by atoms with Gasteiger partial charge in [0.1, 0.15) is 0 Å². The molecule has 0 amide bonds. The third-order valence-corrected chi connectivity index (χ3v) is 5.38. The van der Waals surface area contributed by atoms with Gasteiger partial charge in [-0.2, -0.15) is 5.26 Å². The van der Waals surface area contributed by atoms with E-state index in [1.165, 1.54) is 57.8 Å². The van der Waals surface area contributed by atoms with E-state index in [2.05, 4.69) is 31.2 Å². The Labute approximate surface area is 124 Å². The second-order valence-corrected chi connectivity index (χ2v) is 6.74. The largest absolute Gasteiger partial charge is 0.193 e. The fraction of sp³-hybridized carbons (Fsp3) is 0.737. The highest BCUT2D eigenvalue weighted by atomic mass is 14.3. The lowest BCUT2D eigenvalue weighted by molar-refractivity contribution is 0.301. The van der Waals surface area contributed by atoms with E-state index in [0.29, 0.717) is 5.92 Å². The molecule has 1 heteroatoms. The SMILES string of the molecule is CCC1CCC(/C=C/C2CCC(/C=C/C#N)CC2)CC1. The van der Waals surface area contributed by atoms with Gasteiger partial charge < -0.3 is 0 Å². The van der Waals surface area contributed by atoms with Crippen molar-refractivity contribution in [2.75, 3.05) is 0 Å². The van der Waals surface area contributed by atoms with Gasteiger partial charge in [0.15, 0.2) is 0 Å². The number of hydrogen-bond acceptors (Lipinski definition) is 1. The molecule has 0 aromatic heterocycles. The van der Waals surface area contributed by atoms with E-state index in [1.54, 1.807) is 6.08 Å². The van der Waals surface area contributed by atoms with Crippen molar-refractivity contribution in [1.82, 2.24) is 0 Å². The molecule has 20 heavy (non-hydrogen) atoms. The van der Waals surface area contributed by atoms with Gasteiger partial charge in [0.2, 0.25) is 0 Å². The van der Waals surface area contributed by atoms with Crippen LogP contribution in [0.3, 0.4) is 0 Å². The topological polar surface area (TPSA) is 23.8 Å². The molecule has 2 aliphatic carbocycles. The second-order valence-electron chi connectivity index (χ2n) is 6.74. The van der Waals surface area contributed by atoms with Crippen molar-refractivity contribution in [1.29, 1.82) is 5.26 Å². The summed E-state index contributed by atoms with van der Waals surface area (Å²) >= 11 is 0. The summed E-state index contributed by atoms with van der Waals surface area (Å²) in [4.78, 5) is 0. The highest BCUT2D eigenvalue weighted by molar-refractivity contribution is 5.05. The van der Waals surface area contributed by atoms with Gasteiger partial charge in [0.25, 0.3) is 0 Å². The average Bonchev–Trinajstić information content (AvgIpc) is 2.52. The fourth-order valence-corrected chi connectivity index (χ4v) is 3.81. The molecular formula is C19H29N. The summed E-state index contributed by atoms with van der Waals surface area (Å²) in [7, 11) is 0. The van der Waals surface area contributed by atoms with Gasteiger partial charge in [-0.05, 0) is 75.0 Å². The van der Waals surface area contributed by atoms with E-state index in [1.807, 2.05) is 0 Å². The van der Waals surface area contributed by atoms with Crippen LogP contribution in [0.5, 0.6) is 0 Å². The fourth-order valence-electron chi connectivity index (χ4n) is 3.81. The van der Waals surface area contributed by atoms with Crippen molar-refractivity contribution < 1.29 is 0 Å². The molecule has 0 aromatic rings. The lowest BCUT2D eigenvalue weighted by Crippen LogP contribution is -2.14. The first kappa shape index (κ1) is 15.4. The third-order valence-electron chi connectivity index (χ3n) is 5.38. The first-order valence-electron chi connectivity index (χ1n) is 8.56. The standard InChI is InChI=1S/C19H29N/c1-2-16-5-7-18(8-6-16)13-14-19-11-9-17(10-12-19)4-3-15-20/h3-4,13-14,16-19H,2,5-12H2,1H3/b4-3+,14-13+. The lowest BCUT2D eigenvalue weighted by atomic mass is 9.78. The average molecular weight is 271 g/mol. The van der Waals surface area contributed by atoms with E-state index in [4.69, 9.17) is 5.26 Å². The van der Waals surface area contributed by atoms with Gasteiger partial charge in [-0.1, -0.05) is 31.6 Å². The van der Waals surface area contributed by atoms with Gasteiger partial charge in [-0.15, -0.1) is 0 Å². The summed E-state index contributed by atoms with van der Waals surface area (Å²) < 4.78 is 0. The van der Waals surface area contributed by atoms with Crippen molar-refractivity contribution in [3.05, 3.63) is 24.3 Å². The van der Waals surface area contributed by atoms with Crippen molar-refractivity contribution in [3.63, 3.8) is 0 Å². The van der Waals surface area contributed by atoms with Crippen LogP contribution < -0.4 is 0 Å². The quantitative estimate of drug-likeness (QED) is 0.479. The molecule has 0 heterocycles. The van der Waals surface area contributed by atoms with Crippen molar-refractivity contribution in [3.8, 4) is 6.07 Å². The minimum absolute atomic E-state index is 0.652. The Hall–Kier alpha value is -1.03.